The number of aromatic nitrogens is 4. The first-order chi connectivity index (χ1) is 9.88. The minimum absolute atomic E-state index is 0.897. The molecule has 0 saturated heterocycles. The van der Waals surface area contributed by atoms with E-state index in [1.165, 1.54) is 11.1 Å². The highest BCUT2D eigenvalue weighted by atomic mass is 15.1. The molecule has 20 heavy (non-hydrogen) atoms. The average Bonchev–Trinajstić information content (AvgIpc) is 3.12. The molecule has 2 heterocycles. The van der Waals surface area contributed by atoms with E-state index < -0.39 is 0 Å². The van der Waals surface area contributed by atoms with E-state index in [9.17, 15) is 0 Å². The second kappa shape index (κ2) is 4.49. The van der Waals surface area contributed by atoms with E-state index in [0.717, 1.165) is 28.2 Å². The topological polar surface area (TPSA) is 57.4 Å². The molecule has 0 bridgehead atoms. The number of nitrogens with one attached hydrogen (secondary N) is 2. The molecule has 0 aliphatic rings. The zero-order valence-electron chi connectivity index (χ0n) is 10.8. The van der Waals surface area contributed by atoms with Crippen molar-refractivity contribution in [1.82, 2.24) is 20.4 Å². The normalized spacial score (nSPS) is 11.4. The fourth-order valence-electron chi connectivity index (χ4n) is 2.43. The molecule has 97 valence electrons. The molecule has 1 radical (unpaired) electrons. The summed E-state index contributed by atoms with van der Waals surface area (Å²) in [6.07, 6.45) is 6.80. The van der Waals surface area contributed by atoms with Crippen molar-refractivity contribution in [2.75, 3.05) is 0 Å². The number of nitrogens with zero attached hydrogens (tertiary/aromatic N) is 2. The lowest BCUT2D eigenvalue weighted by atomic mass is 10.0. The molecule has 0 spiro atoms. The minimum Gasteiger partial charge on any atom is -0.278 e. The molecule has 0 fully saturated rings. The maximum Gasteiger partial charge on any atom is 0.0653 e. The first kappa shape index (κ1) is 11.2. The van der Waals surface area contributed by atoms with Gasteiger partial charge >= 0.3 is 0 Å². The van der Waals surface area contributed by atoms with Gasteiger partial charge in [-0.15, -0.1) is 0 Å². The SMILES string of the molecule is [CH](Cc1ccc2cn[nH]c2c1)c1ccc2cn[nH]c2c1. The van der Waals surface area contributed by atoms with Gasteiger partial charge in [-0.25, -0.2) is 0 Å². The van der Waals surface area contributed by atoms with E-state index in [-0.39, 0.29) is 0 Å². The second-order valence-corrected chi connectivity index (χ2v) is 4.92. The summed E-state index contributed by atoms with van der Waals surface area (Å²) in [5, 5.41) is 16.4. The lowest BCUT2D eigenvalue weighted by molar-refractivity contribution is 1.11. The molecule has 4 aromatic rings. The zero-order valence-corrected chi connectivity index (χ0v) is 10.8. The van der Waals surface area contributed by atoms with Crippen LogP contribution in [0.5, 0.6) is 0 Å². The van der Waals surface area contributed by atoms with Gasteiger partial charge < -0.3 is 0 Å². The van der Waals surface area contributed by atoms with Gasteiger partial charge in [0.25, 0.3) is 0 Å². The summed E-state index contributed by atoms with van der Waals surface area (Å²) in [5.41, 5.74) is 4.63. The number of aromatic amines is 2. The molecular formula is C16H13N4. The summed E-state index contributed by atoms with van der Waals surface area (Å²) in [5.74, 6) is 0. The van der Waals surface area contributed by atoms with Gasteiger partial charge in [-0.2, -0.15) is 10.2 Å². The molecule has 0 saturated carbocycles. The van der Waals surface area contributed by atoms with Crippen molar-refractivity contribution in [2.45, 2.75) is 6.42 Å². The quantitative estimate of drug-likeness (QED) is 0.595. The van der Waals surface area contributed by atoms with Crippen LogP contribution < -0.4 is 0 Å². The van der Waals surface area contributed by atoms with Gasteiger partial charge in [-0.05, 0) is 36.1 Å². The van der Waals surface area contributed by atoms with Crippen molar-refractivity contribution < 1.29 is 0 Å². The number of benzene rings is 2. The van der Waals surface area contributed by atoms with E-state index in [1.807, 2.05) is 12.4 Å². The molecule has 0 unspecified atom stereocenters. The average molecular weight is 261 g/mol. The summed E-state index contributed by atoms with van der Waals surface area (Å²) in [6.45, 7) is 0. The Morgan fingerprint density at radius 1 is 0.850 bits per heavy atom. The number of rotatable bonds is 3. The standard InChI is InChI=1S/C16H13N4/c1(11-3-5-13-9-17-19-15(13)7-11)2-12-4-6-14-10-18-20-16(14)8-12/h1,3-10H,2H2,(H,17,19)(H,18,20). The molecule has 0 atom stereocenters. The van der Waals surface area contributed by atoms with Crippen LogP contribution in [0.1, 0.15) is 11.1 Å². The third-order valence-electron chi connectivity index (χ3n) is 3.55. The summed E-state index contributed by atoms with van der Waals surface area (Å²) in [4.78, 5) is 0. The van der Waals surface area contributed by atoms with E-state index in [1.54, 1.807) is 0 Å². The van der Waals surface area contributed by atoms with Gasteiger partial charge in [-0.1, -0.05) is 24.3 Å². The Bertz CT molecular complexity index is 798. The summed E-state index contributed by atoms with van der Waals surface area (Å²) in [6, 6.07) is 12.7. The van der Waals surface area contributed by atoms with Crippen LogP contribution in [0.25, 0.3) is 21.8 Å². The maximum atomic E-state index is 4.04. The highest BCUT2D eigenvalue weighted by Crippen LogP contribution is 2.18. The van der Waals surface area contributed by atoms with Crippen LogP contribution in [-0.4, -0.2) is 20.4 Å². The number of fused-ring (bicyclic) bond motifs is 2. The van der Waals surface area contributed by atoms with Gasteiger partial charge in [0.05, 0.1) is 23.4 Å². The summed E-state index contributed by atoms with van der Waals surface area (Å²) in [7, 11) is 0. The molecule has 0 aliphatic heterocycles. The first-order valence-corrected chi connectivity index (χ1v) is 6.57. The third-order valence-corrected chi connectivity index (χ3v) is 3.55. The van der Waals surface area contributed by atoms with E-state index in [2.05, 4.69) is 63.2 Å². The smallest absolute Gasteiger partial charge is 0.0653 e. The fraction of sp³-hybridized carbons (Fsp3) is 0.0625. The molecule has 2 aromatic carbocycles. The molecule has 4 nitrogen and oxygen atoms in total. The first-order valence-electron chi connectivity index (χ1n) is 6.57. The van der Waals surface area contributed by atoms with Crippen LogP contribution >= 0.6 is 0 Å². The molecule has 4 rings (SSSR count). The highest BCUT2D eigenvalue weighted by Gasteiger charge is 2.02. The Morgan fingerprint density at radius 3 is 2.35 bits per heavy atom. The van der Waals surface area contributed by atoms with Crippen molar-refractivity contribution in [3.63, 3.8) is 0 Å². The van der Waals surface area contributed by atoms with Gasteiger partial charge in [0.1, 0.15) is 0 Å². The molecule has 2 aromatic heterocycles. The number of H-pyrrole nitrogens is 2. The Hall–Kier alpha value is -2.62. The lowest BCUT2D eigenvalue weighted by Crippen LogP contribution is -1.89. The zero-order chi connectivity index (χ0) is 13.4. The molecular weight excluding hydrogens is 248 g/mol. The Balaban J connectivity index is 1.56. The molecule has 2 N–H and O–H groups in total. The van der Waals surface area contributed by atoms with Crippen LogP contribution in [0.3, 0.4) is 0 Å². The van der Waals surface area contributed by atoms with Crippen molar-refractivity contribution in [1.29, 1.82) is 0 Å². The molecule has 0 aliphatic carbocycles. The summed E-state index contributed by atoms with van der Waals surface area (Å²) >= 11 is 0. The predicted octanol–water partition coefficient (Wildman–Crippen LogP) is 3.23. The Labute approximate surface area is 115 Å². The Kier molecular flexibility index (Phi) is 2.52. The van der Waals surface area contributed by atoms with Crippen LogP contribution in [0, 0.1) is 6.42 Å². The number of hydrogen-bond donors (Lipinski definition) is 2. The maximum absolute atomic E-state index is 4.04. The van der Waals surface area contributed by atoms with Gasteiger partial charge in [0.2, 0.25) is 0 Å². The van der Waals surface area contributed by atoms with E-state index in [0.29, 0.717) is 0 Å². The van der Waals surface area contributed by atoms with Crippen molar-refractivity contribution in [3.05, 3.63) is 66.3 Å². The number of hydrogen-bond acceptors (Lipinski definition) is 2. The predicted molar refractivity (Wildman–Crippen MR) is 79.3 cm³/mol. The third kappa shape index (κ3) is 1.95. The van der Waals surface area contributed by atoms with E-state index >= 15 is 0 Å². The van der Waals surface area contributed by atoms with Gasteiger partial charge in [0.15, 0.2) is 0 Å². The fourth-order valence-corrected chi connectivity index (χ4v) is 2.43. The monoisotopic (exact) mass is 261 g/mol. The van der Waals surface area contributed by atoms with Gasteiger partial charge in [-0.3, -0.25) is 10.2 Å². The second-order valence-electron chi connectivity index (χ2n) is 4.92. The van der Waals surface area contributed by atoms with Crippen LogP contribution in [0.2, 0.25) is 0 Å². The van der Waals surface area contributed by atoms with Crippen molar-refractivity contribution >= 4 is 21.8 Å². The van der Waals surface area contributed by atoms with Crippen LogP contribution in [0.4, 0.5) is 0 Å². The Morgan fingerprint density at radius 2 is 1.55 bits per heavy atom. The largest absolute Gasteiger partial charge is 0.278 e. The van der Waals surface area contributed by atoms with E-state index in [4.69, 9.17) is 0 Å². The highest BCUT2D eigenvalue weighted by molar-refractivity contribution is 5.79. The van der Waals surface area contributed by atoms with Crippen molar-refractivity contribution in [2.24, 2.45) is 0 Å². The van der Waals surface area contributed by atoms with Gasteiger partial charge in [0, 0.05) is 10.8 Å². The molecule has 0 amide bonds. The van der Waals surface area contributed by atoms with Crippen molar-refractivity contribution in [3.8, 4) is 0 Å². The minimum atomic E-state index is 0.897. The van der Waals surface area contributed by atoms with Crippen LogP contribution in [-0.2, 0) is 6.42 Å². The molecule has 4 heteroatoms. The van der Waals surface area contributed by atoms with Crippen LogP contribution in [0.15, 0.2) is 48.8 Å². The lowest BCUT2D eigenvalue weighted by Gasteiger charge is -2.02. The summed E-state index contributed by atoms with van der Waals surface area (Å²) < 4.78 is 0.